The van der Waals surface area contributed by atoms with Crippen LogP contribution < -0.4 is 35.0 Å². The molecule has 0 saturated heterocycles. The molecule has 14 nitrogen and oxygen atoms in total. The fourth-order valence-corrected chi connectivity index (χ4v) is 5.46. The van der Waals surface area contributed by atoms with Gasteiger partial charge in [-0.05, 0) is 89.8 Å². The molecule has 2 amide bonds. The molecule has 1 aliphatic heterocycles. The van der Waals surface area contributed by atoms with E-state index in [2.05, 4.69) is 37.1 Å². The first-order valence-corrected chi connectivity index (χ1v) is 16.4. The second kappa shape index (κ2) is 17.9. The number of halogens is 1. The molecule has 1 aliphatic rings. The van der Waals surface area contributed by atoms with Crippen molar-refractivity contribution in [2.24, 2.45) is 5.10 Å². The van der Waals surface area contributed by atoms with Crippen molar-refractivity contribution in [3.05, 3.63) is 92.6 Å². The van der Waals surface area contributed by atoms with E-state index in [1.54, 1.807) is 75.4 Å². The van der Waals surface area contributed by atoms with E-state index in [4.69, 9.17) is 28.4 Å². The summed E-state index contributed by atoms with van der Waals surface area (Å²) < 4.78 is 33.7. The summed E-state index contributed by atoms with van der Waals surface area (Å²) in [7, 11) is 2.79. The molecule has 0 fully saturated rings. The van der Waals surface area contributed by atoms with E-state index < -0.39 is 24.3 Å². The maximum Gasteiger partial charge on any atom is 0.338 e. The molecule has 0 bridgehead atoms. The number of methoxy groups -OCH3 is 2. The number of nitrogens with one attached hydrogen (secondary N) is 3. The van der Waals surface area contributed by atoms with Gasteiger partial charge in [-0.3, -0.25) is 5.43 Å². The van der Waals surface area contributed by atoms with Crippen molar-refractivity contribution in [3.8, 4) is 23.0 Å². The van der Waals surface area contributed by atoms with Gasteiger partial charge in [-0.25, -0.2) is 14.4 Å². The van der Waals surface area contributed by atoms with Crippen molar-refractivity contribution in [1.29, 1.82) is 0 Å². The van der Waals surface area contributed by atoms with Gasteiger partial charge >= 0.3 is 18.0 Å². The third-order valence-corrected chi connectivity index (χ3v) is 7.80. The summed E-state index contributed by atoms with van der Waals surface area (Å²) >= 11 is 3.52. The molecule has 0 aliphatic carbocycles. The monoisotopic (exact) mass is 754 g/mol. The number of esters is 2. The zero-order valence-electron chi connectivity index (χ0n) is 28.2. The summed E-state index contributed by atoms with van der Waals surface area (Å²) in [4.78, 5) is 36.6. The number of hydrazone groups is 1. The molecule has 0 spiro atoms. The van der Waals surface area contributed by atoms with E-state index in [9.17, 15) is 19.5 Å². The average molecular weight is 756 g/mol. The fraction of sp³-hybridized carbons (Fsp3) is 0.314. The molecule has 50 heavy (non-hydrogen) atoms. The van der Waals surface area contributed by atoms with Gasteiger partial charge in [-0.1, -0.05) is 18.2 Å². The van der Waals surface area contributed by atoms with Crippen LogP contribution in [0.25, 0.3) is 0 Å². The first-order chi connectivity index (χ1) is 24.1. The summed E-state index contributed by atoms with van der Waals surface area (Å²) in [6.07, 6.45) is 0.306. The van der Waals surface area contributed by atoms with E-state index in [0.29, 0.717) is 63.1 Å². The van der Waals surface area contributed by atoms with Crippen molar-refractivity contribution in [3.63, 3.8) is 0 Å². The molecule has 1 heterocycles. The number of ether oxygens (including phenoxy) is 6. The van der Waals surface area contributed by atoms with E-state index >= 15 is 0 Å². The number of carbonyl (C=O) groups excluding carboxylic acids is 3. The van der Waals surface area contributed by atoms with Crippen molar-refractivity contribution >= 4 is 40.1 Å². The quantitative estimate of drug-likeness (QED) is 0.0689. The van der Waals surface area contributed by atoms with Gasteiger partial charge in [0.05, 0.1) is 55.3 Å². The van der Waals surface area contributed by atoms with Gasteiger partial charge in [0.15, 0.2) is 29.2 Å². The second-order valence-corrected chi connectivity index (χ2v) is 11.5. The van der Waals surface area contributed by atoms with Gasteiger partial charge < -0.3 is 44.2 Å². The van der Waals surface area contributed by atoms with Gasteiger partial charge in [0.25, 0.3) is 0 Å². The van der Waals surface area contributed by atoms with Crippen LogP contribution in [0.1, 0.15) is 53.9 Å². The van der Waals surface area contributed by atoms with Gasteiger partial charge in [0.2, 0.25) is 0 Å². The second-order valence-electron chi connectivity index (χ2n) is 10.7. The number of allylic oxidation sites excluding steroid dienone is 1. The van der Waals surface area contributed by atoms with Crippen LogP contribution in [0, 0.1) is 0 Å². The highest BCUT2D eigenvalue weighted by Gasteiger charge is 2.32. The average Bonchev–Trinajstić information content (AvgIpc) is 3.10. The number of aliphatic hydroxyl groups excluding tert-OH is 1. The number of hydrogen-bond donors (Lipinski definition) is 4. The van der Waals surface area contributed by atoms with Crippen LogP contribution in [0.3, 0.4) is 0 Å². The first-order valence-electron chi connectivity index (χ1n) is 15.6. The standard InChI is InChI=1S/C35H39BrN4O10/c1-6-47-27-16-24(31-30(34(43)46-5)20(3)38-35(44)39-31)12-13-26(27)49-19-29(41)40-37-17-22-14-25(36)32(28(15-22)45-4)50-18-21-8-10-23(11-9-21)33(42)48-7-2/h8-17,29,31,40-41H,6-7,18-19H2,1-5H3,(H2,38,39,44)/b37-17+/t29-,31+/m0/s1. The molecule has 4 N–H and O–H groups in total. The Morgan fingerprint density at radius 3 is 2.42 bits per heavy atom. The topological polar surface area (TPSA) is 175 Å². The van der Waals surface area contributed by atoms with Gasteiger partial charge in [-0.2, -0.15) is 5.10 Å². The summed E-state index contributed by atoms with van der Waals surface area (Å²) in [5.74, 6) is 0.650. The Morgan fingerprint density at radius 1 is 0.980 bits per heavy atom. The Kier molecular flexibility index (Phi) is 13.5. The zero-order chi connectivity index (χ0) is 36.2. The van der Waals surface area contributed by atoms with Crippen molar-refractivity contribution in [2.75, 3.05) is 34.0 Å². The molecule has 0 radical (unpaired) electrons. The summed E-state index contributed by atoms with van der Waals surface area (Å²) in [5.41, 5.74) is 5.78. The molecule has 0 unspecified atom stereocenters. The minimum atomic E-state index is -1.19. The van der Waals surface area contributed by atoms with E-state index in [1.165, 1.54) is 20.4 Å². The number of nitrogens with zero attached hydrogens (tertiary/aromatic N) is 1. The Bertz CT molecular complexity index is 1750. The van der Waals surface area contributed by atoms with E-state index in [-0.39, 0.29) is 24.8 Å². The van der Waals surface area contributed by atoms with Gasteiger partial charge in [0, 0.05) is 5.70 Å². The maximum atomic E-state index is 12.5. The lowest BCUT2D eigenvalue weighted by molar-refractivity contribution is -0.136. The molecular formula is C35H39BrN4O10. The van der Waals surface area contributed by atoms with Crippen LogP contribution in [-0.2, 0) is 20.9 Å². The van der Waals surface area contributed by atoms with Crippen LogP contribution in [0.4, 0.5) is 4.79 Å². The lowest BCUT2D eigenvalue weighted by Gasteiger charge is -2.28. The number of urea groups is 1. The summed E-state index contributed by atoms with van der Waals surface area (Å²) in [5, 5.41) is 20.0. The Morgan fingerprint density at radius 2 is 1.74 bits per heavy atom. The zero-order valence-corrected chi connectivity index (χ0v) is 29.8. The SMILES string of the molecule is CCOC(=O)c1ccc(COc2c(Br)cc(/C=N/N[C@@H](O)COc3ccc([C@H]4NC(=O)NC(C)=C4C(=O)OC)cc3OCC)cc2OC)cc1. The van der Waals surface area contributed by atoms with Crippen molar-refractivity contribution < 1.29 is 47.9 Å². The molecular weight excluding hydrogens is 716 g/mol. The highest BCUT2D eigenvalue weighted by molar-refractivity contribution is 9.10. The summed E-state index contributed by atoms with van der Waals surface area (Å²) in [6.45, 7) is 5.84. The molecule has 3 aromatic carbocycles. The predicted octanol–water partition coefficient (Wildman–Crippen LogP) is 4.73. The Labute approximate surface area is 297 Å². The minimum absolute atomic E-state index is 0.187. The van der Waals surface area contributed by atoms with Crippen molar-refractivity contribution in [1.82, 2.24) is 16.1 Å². The number of hydrogen-bond acceptors (Lipinski definition) is 12. The van der Waals surface area contributed by atoms with Gasteiger partial charge in [-0.15, -0.1) is 0 Å². The van der Waals surface area contributed by atoms with Crippen LogP contribution in [0.15, 0.2) is 75.4 Å². The first kappa shape index (κ1) is 37.5. The largest absolute Gasteiger partial charge is 0.493 e. The normalized spacial score (nSPS) is 14.7. The van der Waals surface area contributed by atoms with Crippen molar-refractivity contribution in [2.45, 2.75) is 39.6 Å². The summed E-state index contributed by atoms with van der Waals surface area (Å²) in [6, 6.07) is 14.2. The molecule has 4 rings (SSSR count). The van der Waals surface area contributed by atoms with Crippen LogP contribution in [0.5, 0.6) is 23.0 Å². The number of aliphatic hydroxyl groups is 1. The third-order valence-electron chi connectivity index (χ3n) is 7.21. The Balaban J connectivity index is 1.36. The van der Waals surface area contributed by atoms with E-state index in [1.807, 2.05) is 0 Å². The Hall–Kier alpha value is -5.28. The number of amides is 2. The maximum absolute atomic E-state index is 12.5. The lowest BCUT2D eigenvalue weighted by Crippen LogP contribution is -2.45. The van der Waals surface area contributed by atoms with E-state index in [0.717, 1.165) is 5.56 Å². The van der Waals surface area contributed by atoms with Crippen LogP contribution >= 0.6 is 15.9 Å². The highest BCUT2D eigenvalue weighted by Crippen LogP contribution is 2.37. The van der Waals surface area contributed by atoms with Gasteiger partial charge in [0.1, 0.15) is 13.2 Å². The predicted molar refractivity (Wildman–Crippen MR) is 186 cm³/mol. The number of rotatable bonds is 16. The number of benzene rings is 3. The minimum Gasteiger partial charge on any atom is -0.493 e. The highest BCUT2D eigenvalue weighted by atomic mass is 79.9. The lowest BCUT2D eigenvalue weighted by atomic mass is 9.95. The smallest absolute Gasteiger partial charge is 0.338 e. The fourth-order valence-electron chi connectivity index (χ4n) is 4.88. The molecule has 3 aromatic rings. The molecule has 266 valence electrons. The third kappa shape index (κ3) is 9.66. The van der Waals surface area contributed by atoms with Crippen LogP contribution in [-0.4, -0.2) is 69.6 Å². The molecule has 15 heteroatoms. The molecule has 0 saturated carbocycles. The number of carbonyl (C=O) groups is 3. The molecule has 2 atom stereocenters. The molecule has 0 aromatic heterocycles. The van der Waals surface area contributed by atoms with Crippen LogP contribution in [0.2, 0.25) is 0 Å².